The van der Waals surface area contributed by atoms with Gasteiger partial charge in [0.05, 0.1) is 6.61 Å². The summed E-state index contributed by atoms with van der Waals surface area (Å²) in [6.45, 7) is -0.329. The second kappa shape index (κ2) is 5.36. The fraction of sp³-hybridized carbons (Fsp3) is 0.300. The van der Waals surface area contributed by atoms with E-state index in [9.17, 15) is 5.11 Å². The van der Waals surface area contributed by atoms with E-state index in [1.165, 1.54) is 7.11 Å². The van der Waals surface area contributed by atoms with Gasteiger partial charge in [0.1, 0.15) is 18.9 Å². The van der Waals surface area contributed by atoms with Gasteiger partial charge in [0.2, 0.25) is 0 Å². The molecule has 0 saturated heterocycles. The molecule has 1 atom stereocenters. The van der Waals surface area contributed by atoms with Crippen molar-refractivity contribution < 1.29 is 15.1 Å². The largest absolute Gasteiger partial charge is 0.399 e. The molecule has 4 nitrogen and oxygen atoms in total. The number of hydrogen-bond donors (Lipinski definition) is 2. The second-order valence-corrected chi connectivity index (χ2v) is 2.74. The summed E-state index contributed by atoms with van der Waals surface area (Å²) < 4.78 is 0. The number of nitrogens with zero attached hydrogens (tertiary/aromatic N) is 1. The van der Waals surface area contributed by atoms with E-state index < -0.39 is 6.10 Å². The van der Waals surface area contributed by atoms with Crippen molar-refractivity contribution in [3.05, 3.63) is 35.9 Å². The molecule has 2 N–H and O–H groups in total. The Hall–Kier alpha value is -1.39. The molecule has 0 aromatic heterocycles. The highest BCUT2D eigenvalue weighted by atomic mass is 16.6. The third-order valence-electron chi connectivity index (χ3n) is 1.80. The lowest BCUT2D eigenvalue weighted by atomic mass is 10.1. The first-order chi connectivity index (χ1) is 6.79. The first-order valence-electron chi connectivity index (χ1n) is 4.23. The highest BCUT2D eigenvalue weighted by Crippen LogP contribution is 2.13. The summed E-state index contributed by atoms with van der Waals surface area (Å²) in [4.78, 5) is 4.51. The Balaban J connectivity index is 2.83. The van der Waals surface area contributed by atoms with Crippen molar-refractivity contribution in [1.82, 2.24) is 0 Å². The molecule has 0 aliphatic heterocycles. The van der Waals surface area contributed by atoms with Gasteiger partial charge in [-0.05, 0) is 5.56 Å². The first kappa shape index (κ1) is 10.7. The maximum atomic E-state index is 9.74. The van der Waals surface area contributed by atoms with E-state index in [0.717, 1.165) is 0 Å². The van der Waals surface area contributed by atoms with Gasteiger partial charge in [0, 0.05) is 0 Å². The average molecular weight is 195 g/mol. The normalized spacial score (nSPS) is 13.8. The average Bonchev–Trinajstić information content (AvgIpc) is 2.26. The van der Waals surface area contributed by atoms with Crippen LogP contribution in [0.15, 0.2) is 35.5 Å². The summed E-state index contributed by atoms with van der Waals surface area (Å²) in [6.07, 6.45) is -0.916. The summed E-state index contributed by atoms with van der Waals surface area (Å²) in [5.41, 5.74) is 0.871. The Labute approximate surface area is 82.4 Å². The fourth-order valence-electron chi connectivity index (χ4n) is 1.11. The zero-order valence-corrected chi connectivity index (χ0v) is 7.92. The predicted octanol–water partition coefficient (Wildman–Crippen LogP) is 0.715. The molecule has 1 aromatic carbocycles. The van der Waals surface area contributed by atoms with Gasteiger partial charge in [-0.25, -0.2) is 0 Å². The quantitative estimate of drug-likeness (QED) is 0.549. The molecule has 1 aromatic rings. The molecule has 0 radical (unpaired) electrons. The van der Waals surface area contributed by atoms with Crippen molar-refractivity contribution in [3.8, 4) is 0 Å². The van der Waals surface area contributed by atoms with E-state index in [2.05, 4.69) is 9.99 Å². The van der Waals surface area contributed by atoms with E-state index in [-0.39, 0.29) is 12.3 Å². The smallest absolute Gasteiger partial charge is 0.123 e. The number of hydrogen-bond acceptors (Lipinski definition) is 4. The third-order valence-corrected chi connectivity index (χ3v) is 1.80. The van der Waals surface area contributed by atoms with E-state index >= 15 is 0 Å². The molecule has 0 aliphatic rings. The van der Waals surface area contributed by atoms with Gasteiger partial charge in [0.25, 0.3) is 0 Å². The molecule has 0 aliphatic carbocycles. The minimum absolute atomic E-state index is 0.193. The lowest BCUT2D eigenvalue weighted by Crippen LogP contribution is -2.16. The first-order valence-corrected chi connectivity index (χ1v) is 4.23. The molecular weight excluding hydrogens is 182 g/mol. The highest BCUT2D eigenvalue weighted by molar-refractivity contribution is 5.90. The van der Waals surface area contributed by atoms with Crippen LogP contribution in [0.1, 0.15) is 11.7 Å². The van der Waals surface area contributed by atoms with E-state index in [1.54, 1.807) is 24.3 Å². The van der Waals surface area contributed by atoms with Gasteiger partial charge < -0.3 is 15.1 Å². The highest BCUT2D eigenvalue weighted by Gasteiger charge is 2.14. The van der Waals surface area contributed by atoms with Crippen molar-refractivity contribution in [3.63, 3.8) is 0 Å². The van der Waals surface area contributed by atoms with Crippen LogP contribution < -0.4 is 0 Å². The van der Waals surface area contributed by atoms with Gasteiger partial charge in [-0.1, -0.05) is 35.5 Å². The van der Waals surface area contributed by atoms with Crippen molar-refractivity contribution in [2.24, 2.45) is 5.16 Å². The Kier molecular flexibility index (Phi) is 4.10. The Bertz CT molecular complexity index is 297. The summed E-state index contributed by atoms with van der Waals surface area (Å²) in [5, 5.41) is 22.2. The van der Waals surface area contributed by atoms with E-state index in [4.69, 9.17) is 5.11 Å². The molecule has 0 spiro atoms. The van der Waals surface area contributed by atoms with Crippen molar-refractivity contribution in [2.45, 2.75) is 6.10 Å². The number of aliphatic hydroxyl groups is 2. The Morgan fingerprint density at radius 1 is 1.43 bits per heavy atom. The summed E-state index contributed by atoms with van der Waals surface area (Å²) in [5.74, 6) is 0. The van der Waals surface area contributed by atoms with Gasteiger partial charge >= 0.3 is 0 Å². The van der Waals surface area contributed by atoms with Gasteiger partial charge in [0.15, 0.2) is 0 Å². The zero-order chi connectivity index (χ0) is 10.4. The van der Waals surface area contributed by atoms with Crippen LogP contribution >= 0.6 is 0 Å². The maximum Gasteiger partial charge on any atom is 0.123 e. The summed E-state index contributed by atoms with van der Waals surface area (Å²) in [6, 6.07) is 8.97. The van der Waals surface area contributed by atoms with Crippen molar-refractivity contribution >= 4 is 5.71 Å². The van der Waals surface area contributed by atoms with Gasteiger partial charge in [-0.15, -0.1) is 0 Å². The molecular formula is C10H13NO3. The Morgan fingerprint density at radius 3 is 2.57 bits per heavy atom. The van der Waals surface area contributed by atoms with Crippen molar-refractivity contribution in [2.75, 3.05) is 13.7 Å². The topological polar surface area (TPSA) is 62.0 Å². The van der Waals surface area contributed by atoms with Gasteiger partial charge in [-0.2, -0.15) is 0 Å². The number of benzene rings is 1. The lowest BCUT2D eigenvalue weighted by Gasteiger charge is -2.10. The maximum absolute atomic E-state index is 9.74. The molecule has 0 bridgehead atoms. The van der Waals surface area contributed by atoms with Crippen LogP contribution in [-0.4, -0.2) is 29.6 Å². The van der Waals surface area contributed by atoms with E-state index in [0.29, 0.717) is 5.56 Å². The van der Waals surface area contributed by atoms with Gasteiger partial charge in [-0.3, -0.25) is 0 Å². The molecule has 76 valence electrons. The SMILES string of the molecule is CO/N=C(\CO)C(O)c1ccccc1. The lowest BCUT2D eigenvalue weighted by molar-refractivity contribution is 0.186. The molecule has 4 heteroatoms. The van der Waals surface area contributed by atoms with Crippen LogP contribution in [0.3, 0.4) is 0 Å². The number of aliphatic hydroxyl groups excluding tert-OH is 2. The summed E-state index contributed by atoms with van der Waals surface area (Å²) in [7, 11) is 1.37. The van der Waals surface area contributed by atoms with E-state index in [1.807, 2.05) is 6.07 Å². The molecule has 1 unspecified atom stereocenters. The number of oxime groups is 1. The molecule has 1 rings (SSSR count). The van der Waals surface area contributed by atoms with Crippen LogP contribution in [-0.2, 0) is 4.84 Å². The zero-order valence-electron chi connectivity index (χ0n) is 7.92. The van der Waals surface area contributed by atoms with Crippen LogP contribution in [0.4, 0.5) is 0 Å². The van der Waals surface area contributed by atoms with Crippen LogP contribution in [0.5, 0.6) is 0 Å². The third kappa shape index (κ3) is 2.55. The number of rotatable bonds is 4. The van der Waals surface area contributed by atoms with Crippen LogP contribution in [0.2, 0.25) is 0 Å². The molecule has 0 fully saturated rings. The molecule has 14 heavy (non-hydrogen) atoms. The standard InChI is InChI=1S/C10H13NO3/c1-14-11-9(7-12)10(13)8-5-3-2-4-6-8/h2-6,10,12-13H,7H2,1H3/b11-9+. The summed E-state index contributed by atoms with van der Waals surface area (Å²) >= 11 is 0. The minimum Gasteiger partial charge on any atom is -0.399 e. The van der Waals surface area contributed by atoms with Crippen LogP contribution in [0.25, 0.3) is 0 Å². The molecule has 0 heterocycles. The molecule has 0 saturated carbocycles. The molecule has 0 amide bonds. The minimum atomic E-state index is -0.916. The Morgan fingerprint density at radius 2 is 2.07 bits per heavy atom. The monoisotopic (exact) mass is 195 g/mol. The van der Waals surface area contributed by atoms with Crippen LogP contribution in [0, 0.1) is 0 Å². The fourth-order valence-corrected chi connectivity index (χ4v) is 1.11. The van der Waals surface area contributed by atoms with Crippen molar-refractivity contribution in [1.29, 1.82) is 0 Å². The predicted molar refractivity (Wildman–Crippen MR) is 52.9 cm³/mol. The second-order valence-electron chi connectivity index (χ2n) is 2.74.